The van der Waals surface area contributed by atoms with Crippen molar-refractivity contribution in [1.29, 1.82) is 0 Å². The summed E-state index contributed by atoms with van der Waals surface area (Å²) in [6.07, 6.45) is 0. The number of nitrogen functional groups attached to an aromatic ring is 1. The van der Waals surface area contributed by atoms with Gasteiger partial charge in [0.15, 0.2) is 0 Å². The fraction of sp³-hybridized carbons (Fsp3) is 0. The fourth-order valence-electron chi connectivity index (χ4n) is 2.07. The Balaban J connectivity index is 2.40. The minimum Gasteiger partial charge on any atom is -0.369 e. The normalized spacial score (nSPS) is 11.0. The lowest BCUT2D eigenvalue weighted by atomic mass is 10.2. The summed E-state index contributed by atoms with van der Waals surface area (Å²) in [5.41, 5.74) is 5.55. The zero-order valence-corrected chi connectivity index (χ0v) is 12.6. The minimum absolute atomic E-state index is 0.132. The lowest BCUT2D eigenvalue weighted by Gasteiger charge is -2.11. The van der Waals surface area contributed by atoms with Crippen LogP contribution in [0.4, 0.5) is 14.7 Å². The van der Waals surface area contributed by atoms with E-state index in [1.165, 1.54) is 0 Å². The van der Waals surface area contributed by atoms with Gasteiger partial charge >= 0.3 is 0 Å². The van der Waals surface area contributed by atoms with E-state index in [2.05, 4.69) is 27.6 Å². The molecule has 0 unspecified atom stereocenters. The van der Waals surface area contributed by atoms with Crippen LogP contribution in [0.15, 0.2) is 41.2 Å². The third kappa shape index (κ3) is 2.37. The Morgan fingerprint density at radius 1 is 1.14 bits per heavy atom. The van der Waals surface area contributed by atoms with Crippen LogP contribution in [0, 0.1) is 15.2 Å². The van der Waals surface area contributed by atoms with E-state index in [-0.39, 0.29) is 11.6 Å². The van der Waals surface area contributed by atoms with Crippen LogP contribution in [0.1, 0.15) is 0 Å². The van der Waals surface area contributed by atoms with Gasteiger partial charge in [0.05, 0.1) is 16.6 Å². The zero-order valence-electron chi connectivity index (χ0n) is 10.5. The van der Waals surface area contributed by atoms with Gasteiger partial charge in [0.2, 0.25) is 5.95 Å². The average molecular weight is 399 g/mol. The highest BCUT2D eigenvalue weighted by atomic mass is 127. The standard InChI is InChI=1S/C14H8F2IN3O/c15-7-1-4-12(10(16)5-7)20-13(21)9-6-8(17)2-3-11(9)19-14(20)18/h1-6H,(H2,18,19). The van der Waals surface area contributed by atoms with Crippen molar-refractivity contribution in [3.63, 3.8) is 0 Å². The van der Waals surface area contributed by atoms with E-state index >= 15 is 0 Å². The second-order valence-electron chi connectivity index (χ2n) is 4.37. The van der Waals surface area contributed by atoms with Crippen LogP contribution in [0.2, 0.25) is 0 Å². The fourth-order valence-corrected chi connectivity index (χ4v) is 2.56. The predicted octanol–water partition coefficient (Wildman–Crippen LogP) is 2.85. The number of nitrogens with two attached hydrogens (primary N) is 1. The minimum atomic E-state index is -0.879. The summed E-state index contributed by atoms with van der Waals surface area (Å²) in [5.74, 6) is -1.76. The first-order valence-electron chi connectivity index (χ1n) is 5.90. The monoisotopic (exact) mass is 399 g/mol. The maximum atomic E-state index is 13.9. The smallest absolute Gasteiger partial charge is 0.267 e. The summed E-state index contributed by atoms with van der Waals surface area (Å²) >= 11 is 2.06. The molecule has 0 saturated carbocycles. The predicted molar refractivity (Wildman–Crippen MR) is 84.4 cm³/mol. The highest BCUT2D eigenvalue weighted by Gasteiger charge is 2.14. The van der Waals surface area contributed by atoms with Crippen LogP contribution in [0.25, 0.3) is 16.6 Å². The molecule has 0 aliphatic rings. The van der Waals surface area contributed by atoms with Gasteiger partial charge in [-0.2, -0.15) is 0 Å². The molecule has 0 bridgehead atoms. The lowest BCUT2D eigenvalue weighted by molar-refractivity contribution is 0.577. The highest BCUT2D eigenvalue weighted by molar-refractivity contribution is 14.1. The van der Waals surface area contributed by atoms with E-state index in [0.717, 1.165) is 20.3 Å². The lowest BCUT2D eigenvalue weighted by Crippen LogP contribution is -2.24. The number of rotatable bonds is 1. The molecule has 2 aromatic carbocycles. The first-order chi connectivity index (χ1) is 9.97. The number of anilines is 1. The molecule has 4 nitrogen and oxygen atoms in total. The van der Waals surface area contributed by atoms with Gasteiger partial charge in [0, 0.05) is 9.64 Å². The summed E-state index contributed by atoms with van der Waals surface area (Å²) in [4.78, 5) is 16.6. The maximum Gasteiger partial charge on any atom is 0.267 e. The molecular weight excluding hydrogens is 391 g/mol. The topological polar surface area (TPSA) is 60.9 Å². The Hall–Kier alpha value is -2.03. The second kappa shape index (κ2) is 5.06. The van der Waals surface area contributed by atoms with E-state index in [4.69, 9.17) is 5.73 Å². The summed E-state index contributed by atoms with van der Waals surface area (Å²) in [6, 6.07) is 8.01. The molecule has 0 saturated heterocycles. The Labute approximate surface area is 131 Å². The molecular formula is C14H8F2IN3O. The van der Waals surface area contributed by atoms with Crippen LogP contribution in [-0.2, 0) is 0 Å². The van der Waals surface area contributed by atoms with Gasteiger partial charge in [-0.05, 0) is 52.9 Å². The number of halogens is 3. The van der Waals surface area contributed by atoms with Crippen molar-refractivity contribution in [2.75, 3.05) is 5.73 Å². The second-order valence-corrected chi connectivity index (χ2v) is 5.61. The van der Waals surface area contributed by atoms with Crippen molar-refractivity contribution in [3.8, 4) is 5.69 Å². The molecule has 1 aromatic heterocycles. The van der Waals surface area contributed by atoms with Gasteiger partial charge in [-0.25, -0.2) is 18.3 Å². The molecule has 1 heterocycles. The number of benzene rings is 2. The van der Waals surface area contributed by atoms with Gasteiger partial charge in [-0.1, -0.05) is 0 Å². The Morgan fingerprint density at radius 3 is 2.62 bits per heavy atom. The van der Waals surface area contributed by atoms with Gasteiger partial charge in [-0.15, -0.1) is 0 Å². The molecule has 0 aliphatic heterocycles. The largest absolute Gasteiger partial charge is 0.369 e. The number of hydrogen-bond acceptors (Lipinski definition) is 3. The molecule has 0 amide bonds. The highest BCUT2D eigenvalue weighted by Crippen LogP contribution is 2.19. The van der Waals surface area contributed by atoms with Crippen molar-refractivity contribution in [1.82, 2.24) is 9.55 Å². The summed E-state index contributed by atoms with van der Waals surface area (Å²) in [7, 11) is 0. The molecule has 7 heteroatoms. The first-order valence-corrected chi connectivity index (χ1v) is 6.98. The van der Waals surface area contributed by atoms with Gasteiger partial charge in [0.1, 0.15) is 11.6 Å². The molecule has 0 fully saturated rings. The van der Waals surface area contributed by atoms with Crippen LogP contribution in [-0.4, -0.2) is 9.55 Å². The average Bonchev–Trinajstić information content (AvgIpc) is 2.42. The first kappa shape index (κ1) is 13.9. The van der Waals surface area contributed by atoms with Crippen molar-refractivity contribution in [3.05, 3.63) is 62.0 Å². The van der Waals surface area contributed by atoms with Crippen molar-refractivity contribution >= 4 is 39.4 Å². The van der Waals surface area contributed by atoms with E-state index < -0.39 is 17.2 Å². The Morgan fingerprint density at radius 2 is 1.90 bits per heavy atom. The Kier molecular flexibility index (Phi) is 3.36. The summed E-state index contributed by atoms with van der Waals surface area (Å²) in [5, 5.41) is 0.319. The van der Waals surface area contributed by atoms with Crippen LogP contribution < -0.4 is 11.3 Å². The molecule has 0 aliphatic carbocycles. The summed E-state index contributed by atoms with van der Waals surface area (Å²) < 4.78 is 28.7. The third-order valence-corrected chi connectivity index (χ3v) is 3.68. The van der Waals surface area contributed by atoms with Crippen molar-refractivity contribution in [2.45, 2.75) is 0 Å². The molecule has 2 N–H and O–H groups in total. The molecule has 0 radical (unpaired) electrons. The van der Waals surface area contributed by atoms with Gasteiger partial charge in [0.25, 0.3) is 5.56 Å². The van der Waals surface area contributed by atoms with E-state index in [1.54, 1.807) is 18.2 Å². The number of hydrogen-bond donors (Lipinski definition) is 1. The van der Waals surface area contributed by atoms with E-state index in [1.807, 2.05) is 0 Å². The van der Waals surface area contributed by atoms with Crippen LogP contribution in [0.5, 0.6) is 0 Å². The summed E-state index contributed by atoms with van der Waals surface area (Å²) in [6.45, 7) is 0. The quantitative estimate of drug-likeness (QED) is 0.641. The van der Waals surface area contributed by atoms with Gasteiger partial charge < -0.3 is 5.73 Å². The molecule has 3 rings (SSSR count). The van der Waals surface area contributed by atoms with E-state index in [0.29, 0.717) is 17.0 Å². The Bertz CT molecular complexity index is 924. The van der Waals surface area contributed by atoms with Crippen LogP contribution >= 0.6 is 22.6 Å². The molecule has 106 valence electrons. The van der Waals surface area contributed by atoms with Crippen molar-refractivity contribution < 1.29 is 8.78 Å². The molecule has 0 atom stereocenters. The maximum absolute atomic E-state index is 13.9. The molecule has 0 spiro atoms. The number of fused-ring (bicyclic) bond motifs is 1. The number of nitrogens with zero attached hydrogens (tertiary/aromatic N) is 2. The molecule has 3 aromatic rings. The van der Waals surface area contributed by atoms with Gasteiger partial charge in [-0.3, -0.25) is 4.79 Å². The van der Waals surface area contributed by atoms with Crippen LogP contribution in [0.3, 0.4) is 0 Å². The number of aromatic nitrogens is 2. The SMILES string of the molecule is Nc1nc2ccc(I)cc2c(=O)n1-c1ccc(F)cc1F. The third-order valence-electron chi connectivity index (χ3n) is 3.01. The van der Waals surface area contributed by atoms with Crippen molar-refractivity contribution in [2.24, 2.45) is 0 Å². The zero-order chi connectivity index (χ0) is 15.1. The van der Waals surface area contributed by atoms with E-state index in [9.17, 15) is 13.6 Å². The molecule has 21 heavy (non-hydrogen) atoms.